The molecule has 0 amide bonds. The van der Waals surface area contributed by atoms with E-state index < -0.39 is 100 Å². The van der Waals surface area contributed by atoms with Crippen LogP contribution in [-0.2, 0) is 38.0 Å². The van der Waals surface area contributed by atoms with Crippen LogP contribution in [0, 0.1) is 11.8 Å². The summed E-state index contributed by atoms with van der Waals surface area (Å²) in [7, 11) is 0.764. The topological polar surface area (TPSA) is 89.5 Å². The Morgan fingerprint density at radius 3 is 1.42 bits per heavy atom. The third kappa shape index (κ3) is 12.9. The number of hydrogen-bond acceptors (Lipinski definition) is 8. The van der Waals surface area contributed by atoms with Gasteiger partial charge in [0.2, 0.25) is 0 Å². The Labute approximate surface area is 295 Å². The van der Waals surface area contributed by atoms with Crippen molar-refractivity contribution in [2.24, 2.45) is 11.8 Å². The Hall–Kier alpha value is -0.600. The van der Waals surface area contributed by atoms with Crippen LogP contribution in [0.1, 0.15) is 53.4 Å². The number of alkyl halides is 14. The first-order valence-electron chi connectivity index (χ1n) is 14.0. The highest BCUT2D eigenvalue weighted by Gasteiger charge is 2.75. The van der Waals surface area contributed by atoms with E-state index in [0.717, 1.165) is 14.0 Å². The largest absolute Gasteiger partial charge is 0.461 e. The fraction of sp³-hybridized carbons (Fsp3) is 0.923. The molecule has 0 aliphatic rings. The average molecular weight is 958 g/mol. The monoisotopic (exact) mass is 958 g/mol. The first kappa shape index (κ1) is 47.4. The number of methoxy groups -OCH3 is 1. The molecule has 0 fully saturated rings. The number of hydrogen-bond donors (Lipinski definition) is 0. The summed E-state index contributed by atoms with van der Waals surface area (Å²) >= 11 is 2.95. The Morgan fingerprint density at radius 2 is 1.06 bits per heavy atom. The van der Waals surface area contributed by atoms with E-state index in [4.69, 9.17) is 9.47 Å². The fourth-order valence-corrected chi connectivity index (χ4v) is 3.99. The molecular weight excluding hydrogens is 922 g/mol. The molecule has 0 aromatic carbocycles. The number of ether oxygens (including phenoxy) is 6. The molecule has 5 unspecified atom stereocenters. The van der Waals surface area contributed by atoms with Gasteiger partial charge in [-0.25, -0.2) is 0 Å². The molecular formula is C26H36F12I2O8. The van der Waals surface area contributed by atoms with Crippen LogP contribution in [0.4, 0.5) is 52.7 Å². The van der Waals surface area contributed by atoms with E-state index in [1.54, 1.807) is 0 Å². The summed E-state index contributed by atoms with van der Waals surface area (Å²) in [6, 6.07) is 0. The lowest BCUT2D eigenvalue weighted by Gasteiger charge is -2.40. The van der Waals surface area contributed by atoms with Gasteiger partial charge in [0.05, 0.1) is 6.61 Å². The normalized spacial score (nSPS) is 17.0. The molecule has 0 rings (SSSR count). The van der Waals surface area contributed by atoms with Gasteiger partial charge in [-0.05, 0) is 31.6 Å². The quantitative estimate of drug-likeness (QED) is 0.0301. The van der Waals surface area contributed by atoms with E-state index in [9.17, 15) is 62.3 Å². The van der Waals surface area contributed by atoms with Gasteiger partial charge >= 0.3 is 36.6 Å². The van der Waals surface area contributed by atoms with Crippen LogP contribution in [-0.4, -0.2) is 95.7 Å². The Balaban J connectivity index is 5.59. The zero-order valence-corrected chi connectivity index (χ0v) is 30.4. The second-order valence-corrected chi connectivity index (χ2v) is 13.6. The second-order valence-electron chi connectivity index (χ2n) is 10.6. The number of halogens is 14. The van der Waals surface area contributed by atoms with E-state index in [-0.39, 0.29) is 25.7 Å². The number of rotatable bonds is 20. The summed E-state index contributed by atoms with van der Waals surface area (Å²) in [5.74, 6) is -4.64. The number of carbonyl (C=O) groups excluding carboxylic acids is 2. The lowest BCUT2D eigenvalue weighted by molar-refractivity contribution is -0.418. The van der Waals surface area contributed by atoms with Gasteiger partial charge in [0, 0.05) is 13.0 Å². The lowest BCUT2D eigenvalue weighted by Crippen LogP contribution is -2.64. The smallest absolute Gasteiger partial charge is 0.430 e. The molecule has 0 aromatic rings. The van der Waals surface area contributed by atoms with Crippen molar-refractivity contribution in [2.45, 2.75) is 103 Å². The van der Waals surface area contributed by atoms with Crippen LogP contribution in [0.3, 0.4) is 0 Å². The maximum atomic E-state index is 13.9. The highest BCUT2D eigenvalue weighted by atomic mass is 127. The van der Waals surface area contributed by atoms with Gasteiger partial charge in [-0.2, -0.15) is 52.7 Å². The van der Waals surface area contributed by atoms with Crippen LogP contribution in [0.2, 0.25) is 0 Å². The van der Waals surface area contributed by atoms with Gasteiger partial charge in [0.15, 0.2) is 6.29 Å². The standard InChI is InChI=1S/C26H36F12I2O8/c1-6-16(39)18(41)45-11-21(23(27,28)29,24(30,31)32)47-13-44-10-14(3)8-9-15(4)20(43-5)48-22(25(33,34)35,26(36,37)38)12-46-19(42)17(40)7-2/h14-17,20H,6-13H2,1-5H3. The van der Waals surface area contributed by atoms with Crippen LogP contribution < -0.4 is 0 Å². The summed E-state index contributed by atoms with van der Waals surface area (Å²) < 4.78 is 190. The molecule has 8 nitrogen and oxygen atoms in total. The van der Waals surface area contributed by atoms with Crippen molar-refractivity contribution >= 4 is 57.1 Å². The first-order valence-corrected chi connectivity index (χ1v) is 16.5. The Kier molecular flexibility index (Phi) is 19.1. The van der Waals surface area contributed by atoms with Crippen LogP contribution >= 0.6 is 45.2 Å². The van der Waals surface area contributed by atoms with Gasteiger partial charge in [-0.3, -0.25) is 9.59 Å². The SMILES string of the molecule is CCC(I)C(=O)OCC(OCOCC(C)CCC(C)C(OC)OC(COC(=O)C(I)CC)(C(F)(F)F)C(F)(F)F)(C(F)(F)F)C(F)(F)F. The van der Waals surface area contributed by atoms with Crippen molar-refractivity contribution < 1.29 is 90.7 Å². The summed E-state index contributed by atoms with van der Waals surface area (Å²) in [6.07, 6.45) is -26.9. The van der Waals surface area contributed by atoms with Crippen molar-refractivity contribution in [1.29, 1.82) is 0 Å². The molecule has 0 heterocycles. The minimum atomic E-state index is -6.13. The molecule has 0 radical (unpaired) electrons. The van der Waals surface area contributed by atoms with Gasteiger partial charge in [-0.15, -0.1) is 0 Å². The predicted octanol–water partition coefficient (Wildman–Crippen LogP) is 8.26. The molecule has 0 bridgehead atoms. The van der Waals surface area contributed by atoms with Crippen molar-refractivity contribution in [3.63, 3.8) is 0 Å². The molecule has 0 spiro atoms. The maximum absolute atomic E-state index is 13.9. The molecule has 48 heavy (non-hydrogen) atoms. The zero-order chi connectivity index (χ0) is 37.9. The second kappa shape index (κ2) is 19.3. The van der Waals surface area contributed by atoms with E-state index in [1.165, 1.54) is 66.0 Å². The first-order chi connectivity index (χ1) is 21.7. The summed E-state index contributed by atoms with van der Waals surface area (Å²) in [5.41, 5.74) is -9.92. The molecule has 0 saturated heterocycles. The summed E-state index contributed by atoms with van der Waals surface area (Å²) in [6.45, 7) is -1.24. The third-order valence-electron chi connectivity index (χ3n) is 6.82. The minimum absolute atomic E-state index is 0.0517. The van der Waals surface area contributed by atoms with Gasteiger partial charge in [0.1, 0.15) is 27.9 Å². The molecule has 286 valence electrons. The fourth-order valence-electron chi connectivity index (χ4n) is 3.63. The average Bonchev–Trinajstić information content (AvgIpc) is 2.95. The van der Waals surface area contributed by atoms with E-state index in [0.29, 0.717) is 0 Å². The molecule has 0 aliphatic carbocycles. The Bertz CT molecular complexity index is 964. The highest BCUT2D eigenvalue weighted by molar-refractivity contribution is 14.1. The zero-order valence-electron chi connectivity index (χ0n) is 26.1. The van der Waals surface area contributed by atoms with Crippen LogP contribution in [0.25, 0.3) is 0 Å². The van der Waals surface area contributed by atoms with Gasteiger partial charge in [-0.1, -0.05) is 72.9 Å². The molecule has 0 saturated carbocycles. The summed E-state index contributed by atoms with van der Waals surface area (Å²) in [5, 5.41) is 0. The molecule has 0 aliphatic heterocycles. The lowest BCUT2D eigenvalue weighted by atomic mass is 9.97. The van der Waals surface area contributed by atoms with Crippen molar-refractivity contribution in [1.82, 2.24) is 0 Å². The highest BCUT2D eigenvalue weighted by Crippen LogP contribution is 2.48. The molecule has 5 atom stereocenters. The number of esters is 2. The number of carbonyl (C=O) groups is 2. The predicted molar refractivity (Wildman–Crippen MR) is 159 cm³/mol. The van der Waals surface area contributed by atoms with E-state index >= 15 is 0 Å². The van der Waals surface area contributed by atoms with Gasteiger partial charge in [0.25, 0.3) is 11.2 Å². The van der Waals surface area contributed by atoms with Gasteiger partial charge < -0.3 is 28.4 Å². The molecule has 0 aromatic heterocycles. The maximum Gasteiger partial charge on any atom is 0.430 e. The van der Waals surface area contributed by atoms with Crippen molar-refractivity contribution in [3.05, 3.63) is 0 Å². The minimum Gasteiger partial charge on any atom is -0.461 e. The van der Waals surface area contributed by atoms with Crippen molar-refractivity contribution in [2.75, 3.05) is 33.7 Å². The Morgan fingerprint density at radius 1 is 0.667 bits per heavy atom. The third-order valence-corrected chi connectivity index (χ3v) is 9.59. The van der Waals surface area contributed by atoms with Crippen molar-refractivity contribution in [3.8, 4) is 0 Å². The molecule has 22 heteroatoms. The van der Waals surface area contributed by atoms with Crippen LogP contribution in [0.5, 0.6) is 0 Å². The van der Waals surface area contributed by atoms with Crippen LogP contribution in [0.15, 0.2) is 0 Å². The summed E-state index contributed by atoms with van der Waals surface area (Å²) in [4.78, 5) is 23.7. The van der Waals surface area contributed by atoms with E-state index in [2.05, 4.69) is 18.9 Å². The van der Waals surface area contributed by atoms with E-state index in [1.807, 2.05) is 0 Å². The molecule has 0 N–H and O–H groups in total.